The maximum absolute atomic E-state index is 15.0. The van der Waals surface area contributed by atoms with Gasteiger partial charge in [-0.25, -0.2) is 14.2 Å². The molecule has 11 nitrogen and oxygen atoms in total. The van der Waals surface area contributed by atoms with Gasteiger partial charge >= 0.3 is 6.09 Å². The average Bonchev–Trinajstić information content (AvgIpc) is 3.18. The molecule has 2 aliphatic rings. The molecule has 1 N–H and O–H groups in total. The van der Waals surface area contributed by atoms with Crippen LogP contribution in [0.25, 0.3) is 0 Å². The number of carbonyl (C=O) groups excluding carboxylic acids is 2. The van der Waals surface area contributed by atoms with Crippen molar-refractivity contribution in [2.24, 2.45) is 0 Å². The molecule has 1 aromatic heterocycles. The number of nitro groups is 1. The summed E-state index contributed by atoms with van der Waals surface area (Å²) in [6.45, 7) is 3.92. The predicted molar refractivity (Wildman–Crippen MR) is 118 cm³/mol. The van der Waals surface area contributed by atoms with Crippen molar-refractivity contribution < 1.29 is 23.6 Å². The van der Waals surface area contributed by atoms with Crippen LogP contribution in [0.2, 0.25) is 0 Å². The van der Waals surface area contributed by atoms with E-state index >= 15 is 4.39 Å². The molecule has 0 radical (unpaired) electrons. The van der Waals surface area contributed by atoms with Gasteiger partial charge in [0.1, 0.15) is 24.4 Å². The second-order valence-corrected chi connectivity index (χ2v) is 7.78. The fraction of sp³-hybridized carbons (Fsp3) is 0.381. The Balaban J connectivity index is 1.42. The number of anilines is 3. The van der Waals surface area contributed by atoms with Gasteiger partial charge in [-0.15, -0.1) is 0 Å². The van der Waals surface area contributed by atoms with E-state index in [-0.39, 0.29) is 24.7 Å². The van der Waals surface area contributed by atoms with Crippen LogP contribution in [0.1, 0.15) is 6.92 Å². The summed E-state index contributed by atoms with van der Waals surface area (Å²) >= 11 is 0. The first kappa shape index (κ1) is 22.2. The third-order valence-electron chi connectivity index (χ3n) is 5.64. The van der Waals surface area contributed by atoms with Crippen LogP contribution < -0.4 is 20.0 Å². The third-order valence-corrected chi connectivity index (χ3v) is 5.64. The lowest BCUT2D eigenvalue weighted by Crippen LogP contribution is -2.47. The number of amides is 2. The highest BCUT2D eigenvalue weighted by molar-refractivity contribution is 5.90. The first-order valence-electron chi connectivity index (χ1n) is 10.4. The number of hydrogen-bond acceptors (Lipinski definition) is 8. The maximum atomic E-state index is 15.0. The van der Waals surface area contributed by atoms with Gasteiger partial charge in [-0.1, -0.05) is 0 Å². The summed E-state index contributed by atoms with van der Waals surface area (Å²) in [6.07, 6.45) is 0.643. The Hall–Kier alpha value is -3.96. The summed E-state index contributed by atoms with van der Waals surface area (Å²) in [7, 11) is 0. The summed E-state index contributed by atoms with van der Waals surface area (Å²) in [5.74, 6) is -0.0555. The molecule has 2 aromatic rings. The molecule has 1 atom stereocenters. The molecular formula is C21H23FN6O5. The van der Waals surface area contributed by atoms with E-state index in [0.29, 0.717) is 43.4 Å². The van der Waals surface area contributed by atoms with Crippen molar-refractivity contribution in [2.75, 3.05) is 54.0 Å². The minimum atomic E-state index is -0.582. The number of piperazine rings is 1. The number of aromatic nitrogens is 1. The quantitative estimate of drug-likeness (QED) is 0.515. The molecule has 2 saturated heterocycles. The molecule has 12 heteroatoms. The lowest BCUT2D eigenvalue weighted by molar-refractivity contribution is -0.385. The molecule has 0 aliphatic carbocycles. The van der Waals surface area contributed by atoms with Gasteiger partial charge in [0.25, 0.3) is 5.69 Å². The van der Waals surface area contributed by atoms with E-state index in [4.69, 9.17) is 4.74 Å². The summed E-state index contributed by atoms with van der Waals surface area (Å²) < 4.78 is 20.1. The molecular weight excluding hydrogens is 435 g/mol. The zero-order valence-electron chi connectivity index (χ0n) is 17.9. The second kappa shape index (κ2) is 9.27. The van der Waals surface area contributed by atoms with Crippen molar-refractivity contribution in [2.45, 2.75) is 13.0 Å². The van der Waals surface area contributed by atoms with Crippen molar-refractivity contribution in [1.82, 2.24) is 10.3 Å². The van der Waals surface area contributed by atoms with Gasteiger partial charge in [-0.05, 0) is 24.3 Å². The van der Waals surface area contributed by atoms with Crippen molar-refractivity contribution >= 4 is 34.9 Å². The molecule has 4 rings (SSSR count). The molecule has 1 unspecified atom stereocenters. The van der Waals surface area contributed by atoms with Gasteiger partial charge in [0.15, 0.2) is 0 Å². The smallest absolute Gasteiger partial charge is 0.414 e. The number of nitrogens with zero attached hydrogens (tertiary/aromatic N) is 5. The average molecular weight is 458 g/mol. The Morgan fingerprint density at radius 3 is 2.58 bits per heavy atom. The van der Waals surface area contributed by atoms with Crippen molar-refractivity contribution in [1.29, 1.82) is 0 Å². The largest absolute Gasteiger partial charge is 0.447 e. The highest BCUT2D eigenvalue weighted by Gasteiger charge is 2.35. The number of ether oxygens (including phenoxy) is 1. The van der Waals surface area contributed by atoms with Crippen molar-refractivity contribution in [3.8, 4) is 0 Å². The van der Waals surface area contributed by atoms with Crippen LogP contribution in [0, 0.1) is 15.9 Å². The molecule has 0 bridgehead atoms. The van der Waals surface area contributed by atoms with E-state index < -0.39 is 22.9 Å². The number of halogens is 1. The topological polar surface area (TPSA) is 121 Å². The monoisotopic (exact) mass is 458 g/mol. The first-order valence-corrected chi connectivity index (χ1v) is 10.4. The summed E-state index contributed by atoms with van der Waals surface area (Å²) in [6, 6.07) is 7.20. The fourth-order valence-electron chi connectivity index (χ4n) is 3.94. The van der Waals surface area contributed by atoms with E-state index in [1.165, 1.54) is 30.2 Å². The van der Waals surface area contributed by atoms with Crippen LogP contribution in [0.4, 0.5) is 32.1 Å². The van der Waals surface area contributed by atoms with Crippen LogP contribution in [-0.2, 0) is 9.53 Å². The minimum Gasteiger partial charge on any atom is -0.447 e. The third kappa shape index (κ3) is 4.78. The van der Waals surface area contributed by atoms with E-state index in [9.17, 15) is 19.7 Å². The van der Waals surface area contributed by atoms with Gasteiger partial charge in [-0.3, -0.25) is 19.8 Å². The number of rotatable bonds is 6. The van der Waals surface area contributed by atoms with E-state index in [2.05, 4.69) is 10.3 Å². The normalized spacial score (nSPS) is 18.3. The highest BCUT2D eigenvalue weighted by Crippen LogP contribution is 2.30. The SMILES string of the molecule is CC(=O)NCC1COC(=O)N1c1ccc(N2CCN(c3ccc([N+](=O)[O-])cn3)CC2)c(F)c1. The molecule has 2 aliphatic heterocycles. The Bertz CT molecular complexity index is 1060. The number of cyclic esters (lactones) is 1. The summed E-state index contributed by atoms with van der Waals surface area (Å²) in [5.41, 5.74) is 0.713. The molecule has 1 aromatic carbocycles. The number of carbonyl (C=O) groups is 2. The van der Waals surface area contributed by atoms with E-state index in [0.717, 1.165) is 0 Å². The summed E-state index contributed by atoms with van der Waals surface area (Å²) in [5, 5.41) is 13.4. The van der Waals surface area contributed by atoms with Gasteiger partial charge in [0, 0.05) is 45.7 Å². The Morgan fingerprint density at radius 2 is 1.97 bits per heavy atom. The van der Waals surface area contributed by atoms with Crippen molar-refractivity contribution in [3.05, 3.63) is 52.5 Å². The number of benzene rings is 1. The number of hydrogen-bond donors (Lipinski definition) is 1. The van der Waals surface area contributed by atoms with Gasteiger partial charge in [-0.2, -0.15) is 0 Å². The van der Waals surface area contributed by atoms with Gasteiger partial charge < -0.3 is 19.9 Å². The van der Waals surface area contributed by atoms with Crippen LogP contribution in [-0.4, -0.2) is 67.3 Å². The Labute approximate surface area is 188 Å². The molecule has 2 fully saturated rings. The second-order valence-electron chi connectivity index (χ2n) is 7.78. The highest BCUT2D eigenvalue weighted by atomic mass is 19.1. The van der Waals surface area contributed by atoms with Crippen LogP contribution >= 0.6 is 0 Å². The fourth-order valence-corrected chi connectivity index (χ4v) is 3.94. The Kier molecular flexibility index (Phi) is 6.24. The van der Waals surface area contributed by atoms with Crippen LogP contribution in [0.3, 0.4) is 0 Å². The minimum absolute atomic E-state index is 0.0688. The van der Waals surface area contributed by atoms with Gasteiger partial charge in [0.05, 0.1) is 22.3 Å². The summed E-state index contributed by atoms with van der Waals surface area (Å²) in [4.78, 5) is 43.0. The maximum Gasteiger partial charge on any atom is 0.414 e. The zero-order valence-corrected chi connectivity index (χ0v) is 17.9. The van der Waals surface area contributed by atoms with Crippen LogP contribution in [0.15, 0.2) is 36.5 Å². The molecule has 3 heterocycles. The lowest BCUT2D eigenvalue weighted by Gasteiger charge is -2.37. The molecule has 2 amide bonds. The Morgan fingerprint density at radius 1 is 1.24 bits per heavy atom. The van der Waals surface area contributed by atoms with Crippen LogP contribution in [0.5, 0.6) is 0 Å². The van der Waals surface area contributed by atoms with Crippen molar-refractivity contribution in [3.63, 3.8) is 0 Å². The standard InChI is InChI=1S/C21H23FN6O5/c1-14(29)23-12-17-13-33-21(30)27(17)15-2-4-19(18(22)10-15)25-6-8-26(9-7-25)20-5-3-16(11-24-20)28(31)32/h2-5,10-11,17H,6-9,12-13H2,1H3,(H,23,29). The van der Waals surface area contributed by atoms with E-state index in [1.54, 1.807) is 18.2 Å². The molecule has 0 spiro atoms. The lowest BCUT2D eigenvalue weighted by atomic mass is 10.2. The predicted octanol–water partition coefficient (Wildman–Crippen LogP) is 1.92. The first-order chi connectivity index (χ1) is 15.8. The number of nitrogens with one attached hydrogen (secondary N) is 1. The van der Waals surface area contributed by atoms with E-state index in [1.807, 2.05) is 9.80 Å². The molecule has 0 saturated carbocycles. The molecule has 33 heavy (non-hydrogen) atoms. The number of pyridine rings is 1. The molecule has 174 valence electrons. The van der Waals surface area contributed by atoms with Gasteiger partial charge in [0.2, 0.25) is 5.91 Å². The zero-order chi connectivity index (χ0) is 23.5.